The van der Waals surface area contributed by atoms with Gasteiger partial charge in [0, 0.05) is 13.6 Å². The molecule has 1 N–H and O–H groups in total. The molecule has 13 heavy (non-hydrogen) atoms. The van der Waals surface area contributed by atoms with E-state index in [-0.39, 0.29) is 0 Å². The maximum absolute atomic E-state index is 9.23. The van der Waals surface area contributed by atoms with E-state index in [4.69, 9.17) is 0 Å². The SMILES string of the molecule is CCN(C)c1ccc(C(C)O)nc1. The van der Waals surface area contributed by atoms with E-state index < -0.39 is 6.10 Å². The fourth-order valence-corrected chi connectivity index (χ4v) is 1.05. The van der Waals surface area contributed by atoms with Gasteiger partial charge in [0.2, 0.25) is 0 Å². The van der Waals surface area contributed by atoms with E-state index in [1.165, 1.54) is 0 Å². The van der Waals surface area contributed by atoms with Gasteiger partial charge in [-0.2, -0.15) is 0 Å². The highest BCUT2D eigenvalue weighted by Crippen LogP contribution is 2.14. The molecular formula is C10H16N2O. The fraction of sp³-hybridized carbons (Fsp3) is 0.500. The number of nitrogens with zero attached hydrogens (tertiary/aromatic N) is 2. The third-order valence-electron chi connectivity index (χ3n) is 2.11. The first kappa shape index (κ1) is 9.99. The van der Waals surface area contributed by atoms with Gasteiger partial charge in [-0.25, -0.2) is 0 Å². The Morgan fingerprint density at radius 3 is 2.62 bits per heavy atom. The third kappa shape index (κ3) is 2.42. The lowest BCUT2D eigenvalue weighted by Crippen LogP contribution is -2.16. The van der Waals surface area contributed by atoms with Gasteiger partial charge in [0.15, 0.2) is 0 Å². The number of pyridine rings is 1. The lowest BCUT2D eigenvalue weighted by molar-refractivity contribution is 0.194. The molecular weight excluding hydrogens is 164 g/mol. The van der Waals surface area contributed by atoms with Crippen LogP contribution in [0.5, 0.6) is 0 Å². The zero-order chi connectivity index (χ0) is 9.84. The fourth-order valence-electron chi connectivity index (χ4n) is 1.05. The van der Waals surface area contributed by atoms with Crippen molar-refractivity contribution in [3.8, 4) is 0 Å². The molecule has 0 aromatic carbocycles. The summed E-state index contributed by atoms with van der Waals surface area (Å²) in [4.78, 5) is 6.25. The Morgan fingerprint density at radius 2 is 2.23 bits per heavy atom. The van der Waals surface area contributed by atoms with Crippen LogP contribution in [-0.2, 0) is 0 Å². The predicted molar refractivity (Wildman–Crippen MR) is 53.8 cm³/mol. The highest BCUT2D eigenvalue weighted by atomic mass is 16.3. The van der Waals surface area contributed by atoms with Crippen LogP contribution in [0.4, 0.5) is 5.69 Å². The van der Waals surface area contributed by atoms with Gasteiger partial charge < -0.3 is 10.0 Å². The van der Waals surface area contributed by atoms with Gasteiger partial charge in [0.25, 0.3) is 0 Å². The molecule has 72 valence electrons. The maximum atomic E-state index is 9.23. The largest absolute Gasteiger partial charge is 0.387 e. The van der Waals surface area contributed by atoms with Crippen molar-refractivity contribution in [1.29, 1.82) is 0 Å². The molecule has 0 spiro atoms. The van der Waals surface area contributed by atoms with Gasteiger partial charge in [-0.05, 0) is 26.0 Å². The Morgan fingerprint density at radius 1 is 1.54 bits per heavy atom. The zero-order valence-corrected chi connectivity index (χ0v) is 8.36. The average molecular weight is 180 g/mol. The van der Waals surface area contributed by atoms with Crippen molar-refractivity contribution < 1.29 is 5.11 Å². The first-order valence-electron chi connectivity index (χ1n) is 4.50. The van der Waals surface area contributed by atoms with Crippen molar-refractivity contribution in [2.45, 2.75) is 20.0 Å². The Labute approximate surface area is 79.0 Å². The Balaban J connectivity index is 2.81. The van der Waals surface area contributed by atoms with Gasteiger partial charge in [-0.1, -0.05) is 0 Å². The lowest BCUT2D eigenvalue weighted by atomic mass is 10.2. The molecule has 0 saturated heterocycles. The average Bonchev–Trinajstić information content (AvgIpc) is 2.17. The predicted octanol–water partition coefficient (Wildman–Crippen LogP) is 1.59. The highest BCUT2D eigenvalue weighted by molar-refractivity contribution is 5.43. The summed E-state index contributed by atoms with van der Waals surface area (Å²) in [6.45, 7) is 4.75. The van der Waals surface area contributed by atoms with Crippen molar-refractivity contribution in [3.63, 3.8) is 0 Å². The normalized spacial score (nSPS) is 12.6. The van der Waals surface area contributed by atoms with E-state index in [0.717, 1.165) is 12.2 Å². The van der Waals surface area contributed by atoms with Gasteiger partial charge >= 0.3 is 0 Å². The van der Waals surface area contributed by atoms with Gasteiger partial charge in [-0.3, -0.25) is 4.98 Å². The number of hydrogen-bond donors (Lipinski definition) is 1. The summed E-state index contributed by atoms with van der Waals surface area (Å²) < 4.78 is 0. The molecule has 0 aliphatic carbocycles. The van der Waals surface area contributed by atoms with E-state index in [0.29, 0.717) is 5.69 Å². The lowest BCUT2D eigenvalue weighted by Gasteiger charge is -2.16. The molecule has 3 nitrogen and oxygen atoms in total. The highest BCUT2D eigenvalue weighted by Gasteiger charge is 2.03. The van der Waals surface area contributed by atoms with Gasteiger partial charge in [-0.15, -0.1) is 0 Å². The Hall–Kier alpha value is -1.09. The van der Waals surface area contributed by atoms with Crippen molar-refractivity contribution in [2.75, 3.05) is 18.5 Å². The van der Waals surface area contributed by atoms with Crippen LogP contribution >= 0.6 is 0 Å². The molecule has 0 bridgehead atoms. The van der Waals surface area contributed by atoms with Crippen molar-refractivity contribution in [3.05, 3.63) is 24.0 Å². The van der Waals surface area contributed by atoms with Crippen LogP contribution < -0.4 is 4.90 Å². The molecule has 0 aliphatic rings. The van der Waals surface area contributed by atoms with Gasteiger partial charge in [0.05, 0.1) is 23.7 Å². The molecule has 0 aliphatic heterocycles. The summed E-state index contributed by atoms with van der Waals surface area (Å²) in [6.07, 6.45) is 1.30. The first-order chi connectivity index (χ1) is 6.15. The molecule has 1 aromatic rings. The standard InChI is InChI=1S/C10H16N2O/c1-4-12(3)9-5-6-10(8(2)13)11-7-9/h5-8,13H,4H2,1-3H3. The molecule has 3 heteroatoms. The second-order valence-corrected chi connectivity index (χ2v) is 3.13. The molecule has 1 heterocycles. The number of aromatic nitrogens is 1. The quantitative estimate of drug-likeness (QED) is 0.767. The molecule has 0 radical (unpaired) electrons. The summed E-state index contributed by atoms with van der Waals surface area (Å²) in [6, 6.07) is 3.82. The van der Waals surface area contributed by atoms with Crippen LogP contribution in [0.3, 0.4) is 0 Å². The Bertz CT molecular complexity index is 256. The maximum Gasteiger partial charge on any atom is 0.0931 e. The third-order valence-corrected chi connectivity index (χ3v) is 2.11. The minimum absolute atomic E-state index is 0.485. The molecule has 1 unspecified atom stereocenters. The molecule has 1 rings (SSSR count). The number of anilines is 1. The van der Waals surface area contributed by atoms with Crippen LogP contribution in [0.25, 0.3) is 0 Å². The summed E-state index contributed by atoms with van der Waals surface area (Å²) >= 11 is 0. The summed E-state index contributed by atoms with van der Waals surface area (Å²) in [5.41, 5.74) is 1.79. The summed E-state index contributed by atoms with van der Waals surface area (Å²) in [5.74, 6) is 0. The van der Waals surface area contributed by atoms with Crippen LogP contribution in [0.1, 0.15) is 25.6 Å². The number of aliphatic hydroxyl groups excluding tert-OH is 1. The van der Waals surface area contributed by atoms with Crippen LogP contribution in [-0.4, -0.2) is 23.7 Å². The number of hydrogen-bond acceptors (Lipinski definition) is 3. The monoisotopic (exact) mass is 180 g/mol. The van der Waals surface area contributed by atoms with Gasteiger partial charge in [0.1, 0.15) is 0 Å². The van der Waals surface area contributed by atoms with E-state index in [2.05, 4.69) is 16.8 Å². The van der Waals surface area contributed by atoms with E-state index in [1.807, 2.05) is 19.2 Å². The second-order valence-electron chi connectivity index (χ2n) is 3.13. The van der Waals surface area contributed by atoms with E-state index in [1.54, 1.807) is 13.1 Å². The van der Waals surface area contributed by atoms with Crippen LogP contribution in [0.15, 0.2) is 18.3 Å². The molecule has 0 saturated carbocycles. The molecule has 0 amide bonds. The molecule has 1 aromatic heterocycles. The smallest absolute Gasteiger partial charge is 0.0931 e. The second kappa shape index (κ2) is 4.23. The van der Waals surface area contributed by atoms with Crippen molar-refractivity contribution >= 4 is 5.69 Å². The number of aliphatic hydroxyl groups is 1. The summed E-state index contributed by atoms with van der Waals surface area (Å²) in [7, 11) is 2.01. The number of rotatable bonds is 3. The Kier molecular flexibility index (Phi) is 3.25. The summed E-state index contributed by atoms with van der Waals surface area (Å²) in [5, 5.41) is 9.23. The zero-order valence-electron chi connectivity index (χ0n) is 8.36. The van der Waals surface area contributed by atoms with E-state index >= 15 is 0 Å². The molecule has 0 fully saturated rings. The minimum atomic E-state index is -0.485. The molecule has 1 atom stereocenters. The first-order valence-corrected chi connectivity index (χ1v) is 4.50. The van der Waals surface area contributed by atoms with E-state index in [9.17, 15) is 5.11 Å². The van der Waals surface area contributed by atoms with Crippen molar-refractivity contribution in [1.82, 2.24) is 4.98 Å². The minimum Gasteiger partial charge on any atom is -0.387 e. The van der Waals surface area contributed by atoms with Crippen molar-refractivity contribution in [2.24, 2.45) is 0 Å². The topological polar surface area (TPSA) is 36.4 Å². The van der Waals surface area contributed by atoms with Crippen LogP contribution in [0, 0.1) is 0 Å². The van der Waals surface area contributed by atoms with Crippen LogP contribution in [0.2, 0.25) is 0 Å².